The molecule has 0 aliphatic heterocycles. The third-order valence-corrected chi connectivity index (χ3v) is 3.81. The lowest BCUT2D eigenvalue weighted by Crippen LogP contribution is -2.03. The molecule has 0 amide bonds. The minimum absolute atomic E-state index is 0.127. The maximum absolute atomic E-state index is 11.7. The number of aryl methyl sites for hydroxylation is 1. The summed E-state index contributed by atoms with van der Waals surface area (Å²) in [5, 5.41) is 1.94. The molecular weight excluding hydrogens is 320 g/mol. The second-order valence-electron chi connectivity index (χ2n) is 5.33. The lowest BCUT2D eigenvalue weighted by Gasteiger charge is -2.17. The van der Waals surface area contributed by atoms with Gasteiger partial charge in [-0.2, -0.15) is 0 Å². The fraction of sp³-hybridized carbons (Fsp3) is 0.350. The van der Waals surface area contributed by atoms with Crippen molar-refractivity contribution in [3.63, 3.8) is 0 Å². The van der Waals surface area contributed by atoms with Crippen LogP contribution < -0.4 is 9.47 Å². The van der Waals surface area contributed by atoms with Gasteiger partial charge in [0.2, 0.25) is 0 Å². The maximum atomic E-state index is 11.7. The van der Waals surface area contributed by atoms with E-state index in [0.29, 0.717) is 18.1 Å². The van der Waals surface area contributed by atoms with Gasteiger partial charge in [-0.25, -0.2) is 4.79 Å². The first kappa shape index (κ1) is 18.8. The minimum Gasteiger partial charge on any atom is -0.493 e. The molecular formula is C20H24O5. The van der Waals surface area contributed by atoms with E-state index in [1.807, 2.05) is 18.2 Å². The van der Waals surface area contributed by atoms with Gasteiger partial charge in [-0.15, -0.1) is 0 Å². The highest BCUT2D eigenvalue weighted by Gasteiger charge is 2.16. The highest BCUT2D eigenvalue weighted by Crippen LogP contribution is 2.40. The van der Waals surface area contributed by atoms with Crippen molar-refractivity contribution in [1.82, 2.24) is 0 Å². The Morgan fingerprint density at radius 3 is 2.64 bits per heavy atom. The van der Waals surface area contributed by atoms with E-state index >= 15 is 0 Å². The number of carbonyl (C=O) groups excluding carboxylic acids is 1. The van der Waals surface area contributed by atoms with Crippen molar-refractivity contribution >= 4 is 22.8 Å². The Hall–Kier alpha value is -2.53. The lowest BCUT2D eigenvalue weighted by molar-refractivity contribution is -0.137. The minimum atomic E-state index is -0.374. The molecule has 0 fully saturated rings. The lowest BCUT2D eigenvalue weighted by atomic mass is 9.97. The molecule has 2 aromatic carbocycles. The van der Waals surface area contributed by atoms with E-state index in [2.05, 4.69) is 13.0 Å². The SMILES string of the molecule is CCOC(=O)/C=C\c1cc(OC)c(OCOC)c2c(CC)cccc12. The van der Waals surface area contributed by atoms with Crippen molar-refractivity contribution in [2.45, 2.75) is 20.3 Å². The Morgan fingerprint density at radius 1 is 1.20 bits per heavy atom. The molecule has 5 nitrogen and oxygen atoms in total. The molecule has 0 spiro atoms. The van der Waals surface area contributed by atoms with E-state index in [1.54, 1.807) is 27.2 Å². The number of hydrogen-bond acceptors (Lipinski definition) is 5. The van der Waals surface area contributed by atoms with Crippen LogP contribution in [-0.4, -0.2) is 33.6 Å². The van der Waals surface area contributed by atoms with Crippen molar-refractivity contribution in [2.24, 2.45) is 0 Å². The molecule has 2 rings (SSSR count). The predicted octanol–water partition coefficient (Wildman–Crippen LogP) is 3.97. The summed E-state index contributed by atoms with van der Waals surface area (Å²) < 4.78 is 21.3. The van der Waals surface area contributed by atoms with Gasteiger partial charge in [0.05, 0.1) is 13.7 Å². The van der Waals surface area contributed by atoms with Crippen molar-refractivity contribution in [3.8, 4) is 11.5 Å². The third kappa shape index (κ3) is 4.31. The van der Waals surface area contributed by atoms with Crippen LogP contribution in [0.1, 0.15) is 25.0 Å². The van der Waals surface area contributed by atoms with Gasteiger partial charge < -0.3 is 18.9 Å². The molecule has 0 N–H and O–H groups in total. The summed E-state index contributed by atoms with van der Waals surface area (Å²) in [6.07, 6.45) is 4.00. The van der Waals surface area contributed by atoms with Crippen LogP contribution in [0.3, 0.4) is 0 Å². The Kier molecular flexibility index (Phi) is 6.83. The highest BCUT2D eigenvalue weighted by atomic mass is 16.7. The highest BCUT2D eigenvalue weighted by molar-refractivity contribution is 6.01. The predicted molar refractivity (Wildman–Crippen MR) is 98.0 cm³/mol. The first-order valence-electron chi connectivity index (χ1n) is 8.25. The number of hydrogen-bond donors (Lipinski definition) is 0. The molecule has 5 heteroatoms. The number of benzene rings is 2. The molecule has 0 aromatic heterocycles. The number of ether oxygens (including phenoxy) is 4. The summed E-state index contributed by atoms with van der Waals surface area (Å²) >= 11 is 0. The molecule has 0 saturated carbocycles. The molecule has 0 aliphatic rings. The van der Waals surface area contributed by atoms with Gasteiger partial charge in [-0.3, -0.25) is 0 Å². The fourth-order valence-corrected chi connectivity index (χ4v) is 2.71. The standard InChI is InChI=1S/C20H24O5/c1-5-14-8-7-9-16-15(10-11-18(21)24-6-2)12-17(23-4)20(19(14)16)25-13-22-3/h7-12H,5-6,13H2,1-4H3/b11-10-. The zero-order valence-corrected chi connectivity index (χ0v) is 15.1. The smallest absolute Gasteiger partial charge is 0.330 e. The normalized spacial score (nSPS) is 11.0. The second kappa shape index (κ2) is 9.08. The fourth-order valence-electron chi connectivity index (χ4n) is 2.71. The molecule has 0 unspecified atom stereocenters. The van der Waals surface area contributed by atoms with Crippen LogP contribution in [0.5, 0.6) is 11.5 Å². The van der Waals surface area contributed by atoms with Crippen LogP contribution in [0.4, 0.5) is 0 Å². The molecule has 0 atom stereocenters. The van der Waals surface area contributed by atoms with E-state index in [0.717, 1.165) is 28.3 Å². The molecule has 0 bridgehead atoms. The molecule has 0 aliphatic carbocycles. The number of fused-ring (bicyclic) bond motifs is 1. The van der Waals surface area contributed by atoms with Crippen LogP contribution in [-0.2, 0) is 20.7 Å². The van der Waals surface area contributed by atoms with Crippen LogP contribution in [0, 0.1) is 0 Å². The number of rotatable bonds is 8. The zero-order valence-electron chi connectivity index (χ0n) is 15.1. The van der Waals surface area contributed by atoms with Crippen LogP contribution in [0.15, 0.2) is 30.3 Å². The summed E-state index contributed by atoms with van der Waals surface area (Å²) in [7, 11) is 3.17. The summed E-state index contributed by atoms with van der Waals surface area (Å²) in [4.78, 5) is 11.7. The van der Waals surface area contributed by atoms with E-state index in [9.17, 15) is 4.79 Å². The topological polar surface area (TPSA) is 54.0 Å². The van der Waals surface area contributed by atoms with Gasteiger partial charge in [0, 0.05) is 18.6 Å². The van der Waals surface area contributed by atoms with Crippen molar-refractivity contribution in [2.75, 3.05) is 27.6 Å². The van der Waals surface area contributed by atoms with E-state index in [1.165, 1.54) is 6.08 Å². The second-order valence-corrected chi connectivity index (χ2v) is 5.33. The average molecular weight is 344 g/mol. The van der Waals surface area contributed by atoms with E-state index in [4.69, 9.17) is 18.9 Å². The quantitative estimate of drug-likeness (QED) is 0.412. The number of carbonyl (C=O) groups is 1. The van der Waals surface area contributed by atoms with Crippen molar-refractivity contribution in [3.05, 3.63) is 41.5 Å². The molecule has 0 saturated heterocycles. The Labute approximate surface area is 148 Å². The zero-order chi connectivity index (χ0) is 18.2. The molecule has 0 radical (unpaired) electrons. The van der Waals surface area contributed by atoms with E-state index in [-0.39, 0.29) is 12.8 Å². The van der Waals surface area contributed by atoms with Gasteiger partial charge in [0.25, 0.3) is 0 Å². The van der Waals surface area contributed by atoms with Crippen molar-refractivity contribution in [1.29, 1.82) is 0 Å². The van der Waals surface area contributed by atoms with Crippen LogP contribution in [0.2, 0.25) is 0 Å². The van der Waals surface area contributed by atoms with Gasteiger partial charge in [-0.1, -0.05) is 25.1 Å². The summed E-state index contributed by atoms with van der Waals surface area (Å²) in [6, 6.07) is 7.90. The Bertz CT molecular complexity index is 764. The third-order valence-electron chi connectivity index (χ3n) is 3.81. The van der Waals surface area contributed by atoms with Crippen LogP contribution in [0.25, 0.3) is 16.8 Å². The summed E-state index contributed by atoms with van der Waals surface area (Å²) in [6.45, 7) is 4.33. The van der Waals surface area contributed by atoms with Gasteiger partial charge in [-0.05, 0) is 42.0 Å². The molecule has 134 valence electrons. The largest absolute Gasteiger partial charge is 0.493 e. The van der Waals surface area contributed by atoms with Gasteiger partial charge in [0.15, 0.2) is 18.3 Å². The maximum Gasteiger partial charge on any atom is 0.330 e. The van der Waals surface area contributed by atoms with Gasteiger partial charge >= 0.3 is 5.97 Å². The molecule has 0 heterocycles. The number of methoxy groups -OCH3 is 2. The summed E-state index contributed by atoms with van der Waals surface area (Å²) in [5.74, 6) is 0.861. The Balaban J connectivity index is 2.65. The number of esters is 1. The van der Waals surface area contributed by atoms with Crippen LogP contribution >= 0.6 is 0 Å². The molecule has 2 aromatic rings. The first-order chi connectivity index (χ1) is 12.2. The molecule has 25 heavy (non-hydrogen) atoms. The average Bonchev–Trinajstić information content (AvgIpc) is 2.64. The van der Waals surface area contributed by atoms with Crippen molar-refractivity contribution < 1.29 is 23.7 Å². The Morgan fingerprint density at radius 2 is 2.00 bits per heavy atom. The van der Waals surface area contributed by atoms with E-state index < -0.39 is 0 Å². The first-order valence-corrected chi connectivity index (χ1v) is 8.25. The monoisotopic (exact) mass is 344 g/mol. The van der Waals surface area contributed by atoms with Gasteiger partial charge in [0.1, 0.15) is 0 Å². The summed E-state index contributed by atoms with van der Waals surface area (Å²) in [5.41, 5.74) is 1.99.